The summed E-state index contributed by atoms with van der Waals surface area (Å²) >= 11 is 5.88. The van der Waals surface area contributed by atoms with Crippen molar-refractivity contribution in [1.82, 2.24) is 5.48 Å². The molecule has 0 bridgehead atoms. The van der Waals surface area contributed by atoms with Crippen LogP contribution in [0.5, 0.6) is 11.5 Å². The van der Waals surface area contributed by atoms with Crippen molar-refractivity contribution in [3.8, 4) is 11.5 Å². The van der Waals surface area contributed by atoms with E-state index in [1.165, 1.54) is 12.1 Å². The van der Waals surface area contributed by atoms with E-state index in [1.807, 2.05) is 0 Å². The zero-order valence-corrected chi connectivity index (χ0v) is 20.0. The first-order chi connectivity index (χ1) is 15.0. The molecule has 174 valence electrons. The van der Waals surface area contributed by atoms with Gasteiger partial charge in [0.25, 0.3) is 0 Å². The molecule has 0 radical (unpaired) electrons. The molecule has 32 heavy (non-hydrogen) atoms. The van der Waals surface area contributed by atoms with Crippen LogP contribution in [0.25, 0.3) is 0 Å². The summed E-state index contributed by atoms with van der Waals surface area (Å²) in [4.78, 5) is 18.0. The molecule has 0 aromatic heterocycles. The van der Waals surface area contributed by atoms with E-state index >= 15 is 0 Å². The second-order valence-electron chi connectivity index (χ2n) is 8.74. The highest BCUT2D eigenvalue weighted by atomic mass is 35.5. The number of hydrogen-bond donors (Lipinski definition) is 1. The van der Waals surface area contributed by atoms with Gasteiger partial charge in [-0.3, -0.25) is 9.63 Å². The fraction of sp³-hybridized carbons (Fsp3) is 0.435. The fourth-order valence-corrected chi connectivity index (χ4v) is 5.54. The Morgan fingerprint density at radius 1 is 1.03 bits per heavy atom. The number of amides is 1. The maximum atomic E-state index is 13.6. The van der Waals surface area contributed by atoms with Gasteiger partial charge in [-0.2, -0.15) is 0 Å². The Hall–Kier alpha value is -2.13. The fourth-order valence-electron chi connectivity index (χ4n) is 3.40. The molecular weight excluding hydrogens is 454 g/mol. The van der Waals surface area contributed by atoms with E-state index in [4.69, 9.17) is 25.9 Å². The number of hydrogen-bond acceptors (Lipinski definition) is 6. The van der Waals surface area contributed by atoms with E-state index < -0.39 is 26.1 Å². The maximum Gasteiger partial charge on any atom is 0.245 e. The first kappa shape index (κ1) is 24.5. The van der Waals surface area contributed by atoms with Crippen LogP contribution in [0.4, 0.5) is 0 Å². The molecule has 1 heterocycles. The van der Waals surface area contributed by atoms with Crippen molar-refractivity contribution in [2.24, 2.45) is 0 Å². The van der Waals surface area contributed by atoms with Gasteiger partial charge < -0.3 is 9.47 Å². The highest BCUT2D eigenvalue weighted by Gasteiger charge is 2.47. The van der Waals surface area contributed by atoms with Crippen molar-refractivity contribution >= 4 is 27.3 Å². The van der Waals surface area contributed by atoms with Crippen molar-refractivity contribution in [3.63, 3.8) is 0 Å². The molecule has 1 aliphatic rings. The maximum absolute atomic E-state index is 13.6. The number of nitrogens with one attached hydrogen (secondary N) is 1. The molecule has 9 heteroatoms. The Balaban J connectivity index is 1.80. The Kier molecular flexibility index (Phi) is 7.50. The molecule has 1 fully saturated rings. The molecule has 0 atom stereocenters. The summed E-state index contributed by atoms with van der Waals surface area (Å²) < 4.78 is 37.1. The lowest BCUT2D eigenvalue weighted by Gasteiger charge is -2.36. The molecule has 2 aromatic carbocycles. The van der Waals surface area contributed by atoms with Crippen molar-refractivity contribution in [2.45, 2.75) is 55.3 Å². The summed E-state index contributed by atoms with van der Waals surface area (Å²) in [6.45, 7) is 5.92. The van der Waals surface area contributed by atoms with Gasteiger partial charge in [0.2, 0.25) is 5.91 Å². The van der Waals surface area contributed by atoms with Gasteiger partial charge >= 0.3 is 0 Å². The third-order valence-corrected chi connectivity index (χ3v) is 7.95. The number of ether oxygens (including phenoxy) is 2. The molecule has 0 saturated carbocycles. The summed E-state index contributed by atoms with van der Waals surface area (Å²) in [6, 6.07) is 13.1. The molecule has 0 unspecified atom stereocenters. The number of carbonyl (C=O) groups excluding carboxylic acids is 1. The molecule has 1 saturated heterocycles. The van der Waals surface area contributed by atoms with Crippen LogP contribution in [-0.4, -0.2) is 37.9 Å². The number of benzene rings is 2. The van der Waals surface area contributed by atoms with Gasteiger partial charge in [-0.1, -0.05) is 11.6 Å². The quantitative estimate of drug-likeness (QED) is 0.577. The van der Waals surface area contributed by atoms with Crippen LogP contribution in [0.1, 0.15) is 40.0 Å². The van der Waals surface area contributed by atoms with Crippen molar-refractivity contribution in [2.75, 3.05) is 13.2 Å². The summed E-state index contributed by atoms with van der Waals surface area (Å²) in [5.74, 6) is 0.595. The zero-order chi connectivity index (χ0) is 23.4. The minimum atomic E-state index is -3.84. The lowest BCUT2D eigenvalue weighted by Crippen LogP contribution is -2.48. The van der Waals surface area contributed by atoms with Gasteiger partial charge in [-0.05, 0) is 82.1 Å². The number of rotatable bonds is 7. The van der Waals surface area contributed by atoms with Crippen LogP contribution in [0, 0.1) is 0 Å². The SMILES string of the molecule is CC(C)(C)ONC(=O)CC1(S(=O)(=O)c2ccc(Oc3ccc(Cl)cc3)cc2)CCOCC1. The van der Waals surface area contributed by atoms with Crippen LogP contribution < -0.4 is 10.2 Å². The number of hydroxylamine groups is 1. The second-order valence-corrected chi connectivity index (χ2v) is 11.5. The van der Waals surface area contributed by atoms with Gasteiger partial charge in [0.15, 0.2) is 9.84 Å². The summed E-state index contributed by atoms with van der Waals surface area (Å²) in [5, 5.41) is 0.595. The largest absolute Gasteiger partial charge is 0.457 e. The minimum Gasteiger partial charge on any atom is -0.457 e. The monoisotopic (exact) mass is 481 g/mol. The molecule has 0 aliphatic carbocycles. The highest BCUT2D eigenvalue weighted by molar-refractivity contribution is 7.92. The first-order valence-electron chi connectivity index (χ1n) is 10.3. The van der Waals surface area contributed by atoms with Crippen LogP contribution in [-0.2, 0) is 24.2 Å². The molecule has 7 nitrogen and oxygen atoms in total. The van der Waals surface area contributed by atoms with Crippen molar-refractivity contribution in [3.05, 3.63) is 53.6 Å². The van der Waals surface area contributed by atoms with Crippen LogP contribution in [0.2, 0.25) is 5.02 Å². The van der Waals surface area contributed by atoms with E-state index in [1.54, 1.807) is 57.2 Å². The van der Waals surface area contributed by atoms with Gasteiger partial charge in [-0.15, -0.1) is 0 Å². The summed E-state index contributed by atoms with van der Waals surface area (Å²) in [5.41, 5.74) is 1.80. The van der Waals surface area contributed by atoms with Crippen molar-refractivity contribution in [1.29, 1.82) is 0 Å². The second kappa shape index (κ2) is 9.79. The van der Waals surface area contributed by atoms with E-state index in [9.17, 15) is 13.2 Å². The Morgan fingerprint density at radius 2 is 1.56 bits per heavy atom. The van der Waals surface area contributed by atoms with E-state index in [0.29, 0.717) is 16.5 Å². The standard InChI is InChI=1S/C23H28ClNO6S/c1-22(2,3)31-25-21(26)16-23(12-14-29-15-13-23)32(27,28)20-10-8-19(9-11-20)30-18-6-4-17(24)5-7-18/h4-11H,12-16H2,1-3H3,(H,25,26). The molecule has 1 N–H and O–H groups in total. The predicted molar refractivity (Wildman–Crippen MR) is 122 cm³/mol. The normalized spacial score (nSPS) is 16.4. The van der Waals surface area contributed by atoms with Crippen LogP contribution >= 0.6 is 11.6 Å². The first-order valence-corrected chi connectivity index (χ1v) is 12.2. The average molecular weight is 482 g/mol. The minimum absolute atomic E-state index is 0.132. The summed E-state index contributed by atoms with van der Waals surface area (Å²) in [7, 11) is -3.84. The lowest BCUT2D eigenvalue weighted by molar-refractivity contribution is -0.146. The number of sulfone groups is 1. The number of halogens is 1. The number of carbonyl (C=O) groups is 1. The van der Waals surface area contributed by atoms with Gasteiger partial charge in [0, 0.05) is 24.7 Å². The average Bonchev–Trinajstić information content (AvgIpc) is 2.74. The van der Waals surface area contributed by atoms with Crippen LogP contribution in [0.3, 0.4) is 0 Å². The molecule has 1 amide bonds. The van der Waals surface area contributed by atoms with Crippen molar-refractivity contribution < 1.29 is 27.5 Å². The third kappa shape index (κ3) is 6.01. The van der Waals surface area contributed by atoms with Crippen LogP contribution in [0.15, 0.2) is 53.4 Å². The third-order valence-electron chi connectivity index (χ3n) is 5.11. The molecule has 2 aromatic rings. The Morgan fingerprint density at radius 3 is 2.09 bits per heavy atom. The Labute approximate surface area is 193 Å². The van der Waals surface area contributed by atoms with E-state index in [0.717, 1.165) is 0 Å². The predicted octanol–water partition coefficient (Wildman–Crippen LogP) is 4.69. The molecular formula is C23H28ClNO6S. The smallest absolute Gasteiger partial charge is 0.245 e. The topological polar surface area (TPSA) is 90.9 Å². The Bertz CT molecular complexity index is 1020. The molecule has 3 rings (SSSR count). The summed E-state index contributed by atoms with van der Waals surface area (Å²) in [6.07, 6.45) is 0.237. The lowest BCUT2D eigenvalue weighted by atomic mass is 9.95. The van der Waals surface area contributed by atoms with Gasteiger partial charge in [0.05, 0.1) is 15.2 Å². The molecule has 1 aliphatic heterocycles. The van der Waals surface area contributed by atoms with E-state index in [-0.39, 0.29) is 37.4 Å². The van der Waals surface area contributed by atoms with Gasteiger partial charge in [-0.25, -0.2) is 13.9 Å². The zero-order valence-electron chi connectivity index (χ0n) is 18.4. The van der Waals surface area contributed by atoms with E-state index in [2.05, 4.69) is 5.48 Å². The van der Waals surface area contributed by atoms with Gasteiger partial charge in [0.1, 0.15) is 11.5 Å². The molecule has 0 spiro atoms. The highest BCUT2D eigenvalue weighted by Crippen LogP contribution is 2.38.